The number of benzene rings is 4. The Hall–Kier alpha value is -3.34. The summed E-state index contributed by atoms with van der Waals surface area (Å²) in [5.41, 5.74) is 4.25. The highest BCUT2D eigenvalue weighted by molar-refractivity contribution is 6.13. The Morgan fingerprint density at radius 3 is 1.09 bits per heavy atom. The van der Waals surface area contributed by atoms with Crippen molar-refractivity contribution >= 4 is 45.3 Å². The maximum Gasteiger partial charge on any atom is 0.0712 e. The molecule has 0 fully saturated rings. The highest BCUT2D eigenvalue weighted by atomic mass is 15.2. The van der Waals surface area contributed by atoms with Gasteiger partial charge in [-0.05, 0) is 117 Å². The molecule has 234 valence electrons. The van der Waals surface area contributed by atoms with E-state index in [9.17, 15) is 0 Å². The number of aliphatic imine (C=N–C) groups is 2. The van der Waals surface area contributed by atoms with Gasteiger partial charge in [-0.3, -0.25) is 19.8 Å². The van der Waals surface area contributed by atoms with Crippen molar-refractivity contribution in [3.8, 4) is 11.1 Å². The predicted octanol–water partition coefficient (Wildman–Crippen LogP) is 10.9. The van der Waals surface area contributed by atoms with Gasteiger partial charge in [0.1, 0.15) is 0 Å². The first-order valence-corrected chi connectivity index (χ1v) is 16.0. The fraction of sp³-hybridized carbons (Fsp3) is 0.450. The zero-order valence-corrected chi connectivity index (χ0v) is 29.3. The molecule has 0 saturated heterocycles. The SMILES string of the molecule is CC(C)(C)N(CC=Nc1ccc2ccccc2c1-c1c(N=CCN(C(C)(C)C)C(C)(C)C)ccc2ccccc12)C(C)(C)C. The summed E-state index contributed by atoms with van der Waals surface area (Å²) in [6.07, 6.45) is 4.17. The molecule has 0 atom stereocenters. The van der Waals surface area contributed by atoms with Gasteiger partial charge in [-0.25, -0.2) is 0 Å². The topological polar surface area (TPSA) is 31.2 Å². The molecule has 0 spiro atoms. The number of hydrogen-bond acceptors (Lipinski definition) is 4. The molecule has 0 aromatic heterocycles. The summed E-state index contributed by atoms with van der Waals surface area (Å²) in [6, 6.07) is 26.0. The Balaban J connectivity index is 1.91. The molecular weight excluding hydrogens is 536 g/mol. The molecule has 0 saturated carbocycles. The van der Waals surface area contributed by atoms with Crippen molar-refractivity contribution in [2.75, 3.05) is 13.1 Å². The molecule has 44 heavy (non-hydrogen) atoms. The van der Waals surface area contributed by atoms with Crippen molar-refractivity contribution < 1.29 is 0 Å². The molecule has 4 aromatic carbocycles. The average molecular weight is 591 g/mol. The zero-order valence-electron chi connectivity index (χ0n) is 29.3. The number of nitrogens with zero attached hydrogens (tertiary/aromatic N) is 4. The Bertz CT molecular complexity index is 1500. The monoisotopic (exact) mass is 590 g/mol. The van der Waals surface area contributed by atoms with E-state index in [4.69, 9.17) is 9.98 Å². The number of hydrogen-bond donors (Lipinski definition) is 0. The first kappa shape index (κ1) is 33.6. The summed E-state index contributed by atoms with van der Waals surface area (Å²) in [5, 5.41) is 4.76. The molecule has 0 N–H and O–H groups in total. The maximum atomic E-state index is 5.19. The van der Waals surface area contributed by atoms with Crippen molar-refractivity contribution in [3.05, 3.63) is 72.8 Å². The van der Waals surface area contributed by atoms with Crippen molar-refractivity contribution in [2.24, 2.45) is 9.98 Å². The van der Waals surface area contributed by atoms with Gasteiger partial charge < -0.3 is 0 Å². The van der Waals surface area contributed by atoms with Crippen LogP contribution in [0.25, 0.3) is 32.7 Å². The van der Waals surface area contributed by atoms with Gasteiger partial charge in [0.25, 0.3) is 0 Å². The van der Waals surface area contributed by atoms with Gasteiger partial charge in [0.05, 0.1) is 11.4 Å². The first-order chi connectivity index (χ1) is 20.4. The van der Waals surface area contributed by atoms with Crippen LogP contribution in [0.3, 0.4) is 0 Å². The molecule has 0 heterocycles. The summed E-state index contributed by atoms with van der Waals surface area (Å²) in [4.78, 5) is 15.4. The third-order valence-corrected chi connectivity index (χ3v) is 8.29. The van der Waals surface area contributed by atoms with Crippen LogP contribution in [0.15, 0.2) is 82.8 Å². The Labute approximate surface area is 266 Å². The van der Waals surface area contributed by atoms with E-state index in [0.29, 0.717) is 0 Å². The van der Waals surface area contributed by atoms with Gasteiger partial charge >= 0.3 is 0 Å². The molecule has 0 amide bonds. The smallest absolute Gasteiger partial charge is 0.0712 e. The van der Waals surface area contributed by atoms with Crippen molar-refractivity contribution in [1.29, 1.82) is 0 Å². The highest BCUT2D eigenvalue weighted by Crippen LogP contribution is 2.45. The maximum absolute atomic E-state index is 5.19. The van der Waals surface area contributed by atoms with Gasteiger partial charge in [0, 0.05) is 58.8 Å². The minimum Gasteiger partial charge on any atom is -0.288 e. The van der Waals surface area contributed by atoms with Crippen LogP contribution in [0.4, 0.5) is 11.4 Å². The standard InChI is InChI=1S/C40H54N4/c1-37(2,3)43(38(4,5)6)27-25-41-33-23-21-29-17-13-15-19-31(29)35(33)36-32-20-16-14-18-30(32)22-24-34(36)42-26-28-44(39(7,8)9)40(10,11)12/h13-26H,27-28H2,1-12H3. The number of fused-ring (bicyclic) bond motifs is 2. The molecule has 4 rings (SSSR count). The molecular formula is C40H54N4. The van der Waals surface area contributed by atoms with Gasteiger partial charge in [-0.2, -0.15) is 0 Å². The summed E-state index contributed by atoms with van der Waals surface area (Å²) in [7, 11) is 0. The molecule has 4 heteroatoms. The van der Waals surface area contributed by atoms with Crippen LogP contribution in [-0.2, 0) is 0 Å². The molecule has 4 aromatic rings. The zero-order chi connectivity index (χ0) is 32.5. The minimum absolute atomic E-state index is 0.0159. The first-order valence-electron chi connectivity index (χ1n) is 16.0. The second kappa shape index (κ2) is 12.6. The fourth-order valence-corrected chi connectivity index (χ4v) is 6.81. The molecule has 0 aliphatic rings. The molecule has 0 aliphatic carbocycles. The minimum atomic E-state index is 0.0159. The van der Waals surface area contributed by atoms with E-state index in [1.165, 1.54) is 21.5 Å². The van der Waals surface area contributed by atoms with Gasteiger partial charge in [-0.15, -0.1) is 0 Å². The van der Waals surface area contributed by atoms with Crippen LogP contribution >= 0.6 is 0 Å². The summed E-state index contributed by atoms with van der Waals surface area (Å²) >= 11 is 0. The summed E-state index contributed by atoms with van der Waals surface area (Å²) in [5.74, 6) is 0. The summed E-state index contributed by atoms with van der Waals surface area (Å²) in [6.45, 7) is 28.8. The van der Waals surface area contributed by atoms with E-state index in [1.807, 2.05) is 0 Å². The van der Waals surface area contributed by atoms with E-state index >= 15 is 0 Å². The largest absolute Gasteiger partial charge is 0.288 e. The molecule has 0 aliphatic heterocycles. The highest BCUT2D eigenvalue weighted by Gasteiger charge is 2.31. The van der Waals surface area contributed by atoms with Crippen molar-refractivity contribution in [3.63, 3.8) is 0 Å². The lowest BCUT2D eigenvalue weighted by atomic mass is 9.91. The van der Waals surface area contributed by atoms with E-state index in [2.05, 4.69) is 178 Å². The van der Waals surface area contributed by atoms with Crippen LogP contribution in [0.5, 0.6) is 0 Å². The average Bonchev–Trinajstić information content (AvgIpc) is 2.90. The van der Waals surface area contributed by atoms with Crippen LogP contribution < -0.4 is 0 Å². The molecule has 0 radical (unpaired) electrons. The molecule has 0 bridgehead atoms. The van der Waals surface area contributed by atoms with Crippen LogP contribution in [-0.4, -0.2) is 57.5 Å². The quantitative estimate of drug-likeness (QED) is 0.200. The second-order valence-electron chi connectivity index (χ2n) is 15.9. The van der Waals surface area contributed by atoms with E-state index < -0.39 is 0 Å². The van der Waals surface area contributed by atoms with Gasteiger partial charge in [0.15, 0.2) is 0 Å². The fourth-order valence-electron chi connectivity index (χ4n) is 6.81. The van der Waals surface area contributed by atoms with Crippen LogP contribution in [0.1, 0.15) is 83.1 Å². The molecule has 0 unspecified atom stereocenters. The summed E-state index contributed by atoms with van der Waals surface area (Å²) < 4.78 is 0. The van der Waals surface area contributed by atoms with Gasteiger partial charge in [-0.1, -0.05) is 60.7 Å². The predicted molar refractivity (Wildman–Crippen MR) is 196 cm³/mol. The van der Waals surface area contributed by atoms with Crippen molar-refractivity contribution in [1.82, 2.24) is 9.80 Å². The lowest BCUT2D eigenvalue weighted by molar-refractivity contribution is 0.0574. The van der Waals surface area contributed by atoms with Crippen LogP contribution in [0.2, 0.25) is 0 Å². The normalized spacial score (nSPS) is 13.9. The third-order valence-electron chi connectivity index (χ3n) is 8.29. The van der Waals surface area contributed by atoms with E-state index in [1.54, 1.807) is 0 Å². The lowest BCUT2D eigenvalue weighted by Crippen LogP contribution is -2.53. The van der Waals surface area contributed by atoms with E-state index in [0.717, 1.165) is 35.6 Å². The lowest BCUT2D eigenvalue weighted by Gasteiger charge is -2.44. The van der Waals surface area contributed by atoms with Crippen LogP contribution in [0, 0.1) is 0 Å². The molecule has 4 nitrogen and oxygen atoms in total. The van der Waals surface area contributed by atoms with Gasteiger partial charge in [0.2, 0.25) is 0 Å². The Kier molecular flexibility index (Phi) is 9.59. The Morgan fingerprint density at radius 1 is 0.455 bits per heavy atom. The van der Waals surface area contributed by atoms with E-state index in [-0.39, 0.29) is 22.2 Å². The second-order valence-corrected chi connectivity index (χ2v) is 15.9. The van der Waals surface area contributed by atoms with Crippen molar-refractivity contribution in [2.45, 2.75) is 105 Å². The Morgan fingerprint density at radius 2 is 0.773 bits per heavy atom. The third kappa shape index (κ3) is 7.65. The number of rotatable bonds is 7.